The van der Waals surface area contributed by atoms with Gasteiger partial charge >= 0.3 is 6.03 Å². The summed E-state index contributed by atoms with van der Waals surface area (Å²) >= 11 is 0. The highest BCUT2D eigenvalue weighted by Gasteiger charge is 2.32. The SMILES string of the molecule is CN(C)C(=O)/C(=C\N(C=O)CC(=O)N1CCC(N2Cc3ccccc3NC2=O)CC1)c1cccc(O)c1. The molecule has 0 unspecified atom stereocenters. The Hall–Kier alpha value is -4.34. The van der Waals surface area contributed by atoms with E-state index in [0.29, 0.717) is 44.4 Å². The van der Waals surface area contributed by atoms with Gasteiger partial charge in [-0.2, -0.15) is 0 Å². The fraction of sp³-hybridized carbons (Fsp3) is 0.333. The molecular formula is C27H31N5O5. The van der Waals surface area contributed by atoms with Crippen molar-refractivity contribution in [3.8, 4) is 5.75 Å². The van der Waals surface area contributed by atoms with Crippen molar-refractivity contribution >= 4 is 35.5 Å². The molecule has 2 aliphatic rings. The summed E-state index contributed by atoms with van der Waals surface area (Å²) in [7, 11) is 3.17. The standard InChI is InChI=1S/C27H31N5O5/c1-29(2)26(36)23(19-7-5-8-22(34)14-19)16-30(18-33)17-25(35)31-12-10-21(11-13-31)32-15-20-6-3-4-9-24(20)28-27(32)37/h3-9,14,16,18,21,34H,10-13,15,17H2,1-2H3,(H,28,37)/b23-16-. The number of likely N-dealkylation sites (N-methyl/N-ethyl adjacent to an activating group) is 1. The Morgan fingerprint density at radius 3 is 2.51 bits per heavy atom. The molecule has 0 bridgehead atoms. The van der Waals surface area contributed by atoms with Gasteiger partial charge in [0, 0.05) is 51.7 Å². The molecule has 2 aromatic rings. The van der Waals surface area contributed by atoms with Gasteiger partial charge in [-0.25, -0.2) is 4.79 Å². The molecule has 4 rings (SSSR count). The van der Waals surface area contributed by atoms with Crippen molar-refractivity contribution in [1.82, 2.24) is 19.6 Å². The third kappa shape index (κ3) is 5.91. The third-order valence-electron chi connectivity index (χ3n) is 6.66. The Balaban J connectivity index is 1.40. The number of piperidine rings is 1. The van der Waals surface area contributed by atoms with Crippen molar-refractivity contribution < 1.29 is 24.3 Å². The molecule has 1 fully saturated rings. The summed E-state index contributed by atoms with van der Waals surface area (Å²) < 4.78 is 0. The number of phenolic OH excluding ortho intramolecular Hbond substituents is 1. The van der Waals surface area contributed by atoms with Gasteiger partial charge in [0.05, 0.1) is 5.57 Å². The van der Waals surface area contributed by atoms with E-state index < -0.39 is 0 Å². The lowest BCUT2D eigenvalue weighted by Gasteiger charge is -2.40. The first-order valence-corrected chi connectivity index (χ1v) is 12.1. The lowest BCUT2D eigenvalue weighted by Crippen LogP contribution is -2.52. The lowest BCUT2D eigenvalue weighted by molar-refractivity contribution is -0.135. The molecule has 5 amide bonds. The number of likely N-dealkylation sites (tertiary alicyclic amines) is 1. The molecule has 0 saturated carbocycles. The van der Waals surface area contributed by atoms with E-state index in [1.165, 1.54) is 23.2 Å². The number of phenols is 1. The third-order valence-corrected chi connectivity index (χ3v) is 6.66. The predicted octanol–water partition coefficient (Wildman–Crippen LogP) is 2.32. The molecule has 2 heterocycles. The minimum Gasteiger partial charge on any atom is -0.508 e. The Labute approximate surface area is 215 Å². The molecule has 0 spiro atoms. The number of hydrogen-bond donors (Lipinski definition) is 2. The largest absolute Gasteiger partial charge is 0.508 e. The van der Waals surface area contributed by atoms with E-state index in [0.717, 1.165) is 16.2 Å². The van der Waals surface area contributed by atoms with Crippen molar-refractivity contribution in [1.29, 1.82) is 0 Å². The Kier molecular flexibility index (Phi) is 7.76. The van der Waals surface area contributed by atoms with Crippen LogP contribution in [0.4, 0.5) is 10.5 Å². The summed E-state index contributed by atoms with van der Waals surface area (Å²) in [6.07, 6.45) is 3.11. The van der Waals surface area contributed by atoms with Crippen LogP contribution in [0.1, 0.15) is 24.0 Å². The highest BCUT2D eigenvalue weighted by Crippen LogP contribution is 2.28. The second kappa shape index (κ2) is 11.2. The quantitative estimate of drug-likeness (QED) is 0.443. The number of anilines is 1. The number of nitrogens with one attached hydrogen (secondary N) is 1. The normalized spacial score (nSPS) is 16.1. The van der Waals surface area contributed by atoms with Crippen LogP contribution in [-0.2, 0) is 20.9 Å². The van der Waals surface area contributed by atoms with Crippen LogP contribution in [0.25, 0.3) is 5.57 Å². The molecule has 1 saturated heterocycles. The van der Waals surface area contributed by atoms with E-state index in [1.54, 1.807) is 31.1 Å². The lowest BCUT2D eigenvalue weighted by atomic mass is 10.0. The monoisotopic (exact) mass is 505 g/mol. The average molecular weight is 506 g/mol. The van der Waals surface area contributed by atoms with Crippen molar-refractivity contribution in [3.05, 3.63) is 65.9 Å². The molecule has 0 atom stereocenters. The summed E-state index contributed by atoms with van der Waals surface area (Å²) in [6, 6.07) is 13.8. The minimum atomic E-state index is -0.368. The summed E-state index contributed by atoms with van der Waals surface area (Å²) in [5.74, 6) is -0.632. The first-order valence-electron chi connectivity index (χ1n) is 12.1. The smallest absolute Gasteiger partial charge is 0.322 e. The van der Waals surface area contributed by atoms with Gasteiger partial charge in [0.2, 0.25) is 12.3 Å². The number of carbonyl (C=O) groups excluding carboxylic acids is 4. The number of hydrogen-bond acceptors (Lipinski definition) is 5. The molecule has 10 nitrogen and oxygen atoms in total. The number of amides is 5. The summed E-state index contributed by atoms with van der Waals surface area (Å²) in [6.45, 7) is 1.22. The number of aromatic hydroxyl groups is 1. The van der Waals surface area contributed by atoms with E-state index in [2.05, 4.69) is 5.32 Å². The van der Waals surface area contributed by atoms with Crippen LogP contribution < -0.4 is 5.32 Å². The van der Waals surface area contributed by atoms with Crippen LogP contribution in [0.15, 0.2) is 54.7 Å². The topological polar surface area (TPSA) is 114 Å². The van der Waals surface area contributed by atoms with E-state index in [9.17, 15) is 24.3 Å². The van der Waals surface area contributed by atoms with Gasteiger partial charge in [-0.05, 0) is 42.2 Å². The van der Waals surface area contributed by atoms with Crippen molar-refractivity contribution in [3.63, 3.8) is 0 Å². The second-order valence-corrected chi connectivity index (χ2v) is 9.40. The highest BCUT2D eigenvalue weighted by atomic mass is 16.3. The number of para-hydroxylation sites is 1. The molecule has 10 heteroatoms. The second-order valence-electron chi connectivity index (χ2n) is 9.40. The van der Waals surface area contributed by atoms with E-state index in [1.807, 2.05) is 29.2 Å². The summed E-state index contributed by atoms with van der Waals surface area (Å²) in [5.41, 5.74) is 2.50. The number of fused-ring (bicyclic) bond motifs is 1. The van der Waals surface area contributed by atoms with E-state index in [4.69, 9.17) is 0 Å². The number of rotatable bonds is 7. The van der Waals surface area contributed by atoms with Gasteiger partial charge in [0.25, 0.3) is 5.91 Å². The Morgan fingerprint density at radius 2 is 1.84 bits per heavy atom. The average Bonchev–Trinajstić information content (AvgIpc) is 2.90. The first kappa shape index (κ1) is 25.7. The molecule has 0 radical (unpaired) electrons. The number of benzene rings is 2. The summed E-state index contributed by atoms with van der Waals surface area (Å²) in [5, 5.41) is 12.8. The zero-order valence-electron chi connectivity index (χ0n) is 21.0. The van der Waals surface area contributed by atoms with Crippen LogP contribution in [0.2, 0.25) is 0 Å². The number of nitrogens with zero attached hydrogens (tertiary/aromatic N) is 4. The van der Waals surface area contributed by atoms with Crippen LogP contribution in [0.5, 0.6) is 5.75 Å². The number of carbonyl (C=O) groups is 4. The fourth-order valence-corrected chi connectivity index (χ4v) is 4.65. The van der Waals surface area contributed by atoms with Crippen LogP contribution >= 0.6 is 0 Å². The number of urea groups is 1. The molecule has 2 N–H and O–H groups in total. The highest BCUT2D eigenvalue weighted by molar-refractivity contribution is 6.19. The van der Waals surface area contributed by atoms with Gasteiger partial charge in [-0.1, -0.05) is 30.3 Å². The van der Waals surface area contributed by atoms with Crippen LogP contribution in [0.3, 0.4) is 0 Å². The van der Waals surface area contributed by atoms with Crippen LogP contribution in [0, 0.1) is 0 Å². The van der Waals surface area contributed by atoms with Gasteiger partial charge in [0.1, 0.15) is 12.3 Å². The van der Waals surface area contributed by atoms with E-state index >= 15 is 0 Å². The Bertz CT molecular complexity index is 1220. The molecule has 37 heavy (non-hydrogen) atoms. The van der Waals surface area contributed by atoms with Crippen molar-refractivity contribution in [2.75, 3.05) is 39.0 Å². The molecule has 194 valence electrons. The zero-order valence-corrected chi connectivity index (χ0v) is 21.0. The predicted molar refractivity (Wildman–Crippen MR) is 138 cm³/mol. The van der Waals surface area contributed by atoms with Crippen molar-refractivity contribution in [2.45, 2.75) is 25.4 Å². The maximum atomic E-state index is 13.0. The first-order chi connectivity index (χ1) is 17.8. The Morgan fingerprint density at radius 1 is 1.11 bits per heavy atom. The summed E-state index contributed by atoms with van der Waals surface area (Å²) in [4.78, 5) is 56.3. The van der Waals surface area contributed by atoms with E-state index in [-0.39, 0.29) is 41.8 Å². The molecule has 0 aliphatic carbocycles. The maximum Gasteiger partial charge on any atom is 0.322 e. The molecular weight excluding hydrogens is 474 g/mol. The van der Waals surface area contributed by atoms with Gasteiger partial charge in [-0.15, -0.1) is 0 Å². The van der Waals surface area contributed by atoms with Gasteiger partial charge < -0.3 is 30.0 Å². The zero-order chi connectivity index (χ0) is 26.5. The molecule has 0 aromatic heterocycles. The van der Waals surface area contributed by atoms with Crippen LogP contribution in [-0.4, -0.2) is 88.7 Å². The van der Waals surface area contributed by atoms with Crippen molar-refractivity contribution in [2.24, 2.45) is 0 Å². The minimum absolute atomic E-state index is 0.00884. The van der Waals surface area contributed by atoms with Gasteiger partial charge in [-0.3, -0.25) is 14.4 Å². The fourth-order valence-electron chi connectivity index (χ4n) is 4.65. The molecule has 2 aromatic carbocycles. The maximum absolute atomic E-state index is 13.0. The molecule has 2 aliphatic heterocycles. The van der Waals surface area contributed by atoms with Gasteiger partial charge in [0.15, 0.2) is 0 Å².